The number of para-hydroxylation sites is 1. The van der Waals surface area contributed by atoms with Crippen LogP contribution in [0.3, 0.4) is 0 Å². The van der Waals surface area contributed by atoms with Crippen molar-refractivity contribution in [1.82, 2.24) is 10.6 Å². The molecule has 0 heterocycles. The lowest BCUT2D eigenvalue weighted by molar-refractivity contribution is 0.117. The SMILES string of the molecule is CCN(CCNC(=O)NC1CCC(O)CC1)c1ccccc1C. The lowest BCUT2D eigenvalue weighted by Crippen LogP contribution is -2.46. The molecule has 0 unspecified atom stereocenters. The second kappa shape index (κ2) is 8.77. The summed E-state index contributed by atoms with van der Waals surface area (Å²) in [5, 5.41) is 15.4. The summed E-state index contributed by atoms with van der Waals surface area (Å²) in [6.07, 6.45) is 3.09. The highest BCUT2D eigenvalue weighted by Crippen LogP contribution is 2.19. The van der Waals surface area contributed by atoms with Gasteiger partial charge < -0.3 is 20.6 Å². The Kier molecular flexibility index (Phi) is 6.71. The first-order valence-electron chi connectivity index (χ1n) is 8.63. The number of amides is 2. The minimum atomic E-state index is -0.191. The third kappa shape index (κ3) is 5.43. The van der Waals surface area contributed by atoms with Crippen molar-refractivity contribution in [3.63, 3.8) is 0 Å². The van der Waals surface area contributed by atoms with Crippen molar-refractivity contribution in [3.8, 4) is 0 Å². The molecular weight excluding hydrogens is 290 g/mol. The largest absolute Gasteiger partial charge is 0.393 e. The summed E-state index contributed by atoms with van der Waals surface area (Å²) < 4.78 is 0. The van der Waals surface area contributed by atoms with Gasteiger partial charge >= 0.3 is 6.03 Å². The van der Waals surface area contributed by atoms with Crippen molar-refractivity contribution in [1.29, 1.82) is 0 Å². The van der Waals surface area contributed by atoms with Crippen LogP contribution in [0.4, 0.5) is 10.5 Å². The van der Waals surface area contributed by atoms with Crippen molar-refractivity contribution in [2.24, 2.45) is 0 Å². The van der Waals surface area contributed by atoms with Crippen LogP contribution in [0.2, 0.25) is 0 Å². The summed E-state index contributed by atoms with van der Waals surface area (Å²) in [5.41, 5.74) is 2.47. The van der Waals surface area contributed by atoms with Gasteiger partial charge in [0.1, 0.15) is 0 Å². The molecule has 0 bridgehead atoms. The van der Waals surface area contributed by atoms with Crippen LogP contribution in [0.15, 0.2) is 24.3 Å². The van der Waals surface area contributed by atoms with Crippen LogP contribution >= 0.6 is 0 Å². The summed E-state index contributed by atoms with van der Waals surface area (Å²) in [6.45, 7) is 6.55. The summed E-state index contributed by atoms with van der Waals surface area (Å²) in [5.74, 6) is 0. The number of benzene rings is 1. The van der Waals surface area contributed by atoms with Gasteiger partial charge in [-0.2, -0.15) is 0 Å². The number of urea groups is 1. The van der Waals surface area contributed by atoms with Gasteiger partial charge in [-0.3, -0.25) is 0 Å². The van der Waals surface area contributed by atoms with E-state index in [0.29, 0.717) is 6.54 Å². The Morgan fingerprint density at radius 2 is 1.96 bits per heavy atom. The average molecular weight is 319 g/mol. The minimum Gasteiger partial charge on any atom is -0.393 e. The molecule has 1 saturated carbocycles. The van der Waals surface area contributed by atoms with Crippen LogP contribution in [-0.2, 0) is 0 Å². The van der Waals surface area contributed by atoms with Gasteiger partial charge in [-0.05, 0) is 51.2 Å². The van der Waals surface area contributed by atoms with E-state index in [1.54, 1.807) is 0 Å². The molecule has 5 heteroatoms. The molecule has 1 aliphatic rings. The number of anilines is 1. The van der Waals surface area contributed by atoms with E-state index in [2.05, 4.69) is 41.5 Å². The number of nitrogens with zero attached hydrogens (tertiary/aromatic N) is 1. The van der Waals surface area contributed by atoms with E-state index < -0.39 is 0 Å². The Balaban J connectivity index is 1.73. The highest BCUT2D eigenvalue weighted by atomic mass is 16.3. The maximum Gasteiger partial charge on any atom is 0.315 e. The Morgan fingerprint density at radius 1 is 1.26 bits per heavy atom. The Hall–Kier alpha value is -1.75. The zero-order valence-electron chi connectivity index (χ0n) is 14.2. The average Bonchev–Trinajstić information content (AvgIpc) is 2.55. The fourth-order valence-corrected chi connectivity index (χ4v) is 3.13. The number of aliphatic hydroxyl groups excluding tert-OH is 1. The van der Waals surface area contributed by atoms with Crippen molar-refractivity contribution >= 4 is 11.7 Å². The lowest BCUT2D eigenvalue weighted by atomic mass is 9.93. The monoisotopic (exact) mass is 319 g/mol. The molecular formula is C18H29N3O2. The van der Waals surface area contributed by atoms with Crippen molar-refractivity contribution in [2.45, 2.75) is 51.7 Å². The molecule has 5 nitrogen and oxygen atoms in total. The molecule has 1 aromatic rings. The number of rotatable bonds is 6. The number of nitrogens with one attached hydrogen (secondary N) is 2. The fourth-order valence-electron chi connectivity index (χ4n) is 3.13. The Morgan fingerprint density at radius 3 is 2.61 bits per heavy atom. The Labute approximate surface area is 139 Å². The van der Waals surface area contributed by atoms with E-state index in [0.717, 1.165) is 38.8 Å². The molecule has 2 rings (SSSR count). The molecule has 1 aromatic carbocycles. The van der Waals surface area contributed by atoms with Crippen LogP contribution in [0.25, 0.3) is 0 Å². The van der Waals surface area contributed by atoms with Crippen LogP contribution in [0, 0.1) is 6.92 Å². The van der Waals surface area contributed by atoms with Gasteiger partial charge in [0.2, 0.25) is 0 Å². The van der Waals surface area contributed by atoms with E-state index in [1.807, 2.05) is 12.1 Å². The number of carbonyl (C=O) groups excluding carboxylic acids is 1. The molecule has 0 saturated heterocycles. The van der Waals surface area contributed by atoms with Gasteiger partial charge in [0, 0.05) is 31.4 Å². The van der Waals surface area contributed by atoms with Crippen LogP contribution in [-0.4, -0.2) is 42.9 Å². The van der Waals surface area contributed by atoms with Crippen LogP contribution < -0.4 is 15.5 Å². The number of carbonyl (C=O) groups is 1. The third-order valence-corrected chi connectivity index (χ3v) is 4.54. The van der Waals surface area contributed by atoms with Gasteiger partial charge in [-0.25, -0.2) is 4.79 Å². The second-order valence-electron chi connectivity index (χ2n) is 6.27. The minimum absolute atomic E-state index is 0.104. The number of hydrogen-bond acceptors (Lipinski definition) is 3. The van der Waals surface area contributed by atoms with Crippen LogP contribution in [0.1, 0.15) is 38.2 Å². The van der Waals surface area contributed by atoms with Gasteiger partial charge in [0.25, 0.3) is 0 Å². The smallest absolute Gasteiger partial charge is 0.315 e. The molecule has 0 aliphatic heterocycles. The summed E-state index contributed by atoms with van der Waals surface area (Å²) >= 11 is 0. The highest BCUT2D eigenvalue weighted by molar-refractivity contribution is 5.74. The predicted octanol–water partition coefficient (Wildman–Crippen LogP) is 2.42. The molecule has 23 heavy (non-hydrogen) atoms. The van der Waals surface area contributed by atoms with Crippen LogP contribution in [0.5, 0.6) is 0 Å². The van der Waals surface area contributed by atoms with E-state index in [1.165, 1.54) is 11.3 Å². The molecule has 1 fully saturated rings. The zero-order chi connectivity index (χ0) is 16.7. The predicted molar refractivity (Wildman–Crippen MR) is 93.9 cm³/mol. The molecule has 0 spiro atoms. The first-order chi connectivity index (χ1) is 11.1. The maximum atomic E-state index is 12.0. The molecule has 3 N–H and O–H groups in total. The van der Waals surface area contributed by atoms with E-state index in [-0.39, 0.29) is 18.2 Å². The second-order valence-corrected chi connectivity index (χ2v) is 6.27. The first-order valence-corrected chi connectivity index (χ1v) is 8.63. The highest BCUT2D eigenvalue weighted by Gasteiger charge is 2.20. The molecule has 1 aliphatic carbocycles. The van der Waals surface area contributed by atoms with E-state index in [9.17, 15) is 9.90 Å². The Bertz CT molecular complexity index is 499. The summed E-state index contributed by atoms with van der Waals surface area (Å²) in [7, 11) is 0. The number of aryl methyl sites for hydroxylation is 1. The number of likely N-dealkylation sites (N-methyl/N-ethyl adjacent to an activating group) is 1. The van der Waals surface area contributed by atoms with Gasteiger partial charge in [-0.1, -0.05) is 18.2 Å². The number of aliphatic hydroxyl groups is 1. The third-order valence-electron chi connectivity index (χ3n) is 4.54. The van der Waals surface area contributed by atoms with Gasteiger partial charge in [-0.15, -0.1) is 0 Å². The molecule has 128 valence electrons. The zero-order valence-corrected chi connectivity index (χ0v) is 14.2. The topological polar surface area (TPSA) is 64.6 Å². The van der Waals surface area contributed by atoms with Gasteiger partial charge in [0.15, 0.2) is 0 Å². The van der Waals surface area contributed by atoms with Crippen molar-refractivity contribution in [3.05, 3.63) is 29.8 Å². The fraction of sp³-hybridized carbons (Fsp3) is 0.611. The quantitative estimate of drug-likeness (QED) is 0.754. The summed E-state index contributed by atoms with van der Waals surface area (Å²) in [4.78, 5) is 14.2. The molecule has 2 amide bonds. The normalized spacial score (nSPS) is 20.8. The van der Waals surface area contributed by atoms with Crippen molar-refractivity contribution in [2.75, 3.05) is 24.5 Å². The molecule has 0 radical (unpaired) electrons. The summed E-state index contributed by atoms with van der Waals surface area (Å²) in [6, 6.07) is 8.40. The van der Waals surface area contributed by atoms with E-state index in [4.69, 9.17) is 0 Å². The molecule has 0 atom stereocenters. The van der Waals surface area contributed by atoms with Crippen molar-refractivity contribution < 1.29 is 9.90 Å². The van der Waals surface area contributed by atoms with E-state index >= 15 is 0 Å². The number of hydrogen-bond donors (Lipinski definition) is 3. The lowest BCUT2D eigenvalue weighted by Gasteiger charge is -2.27. The first kappa shape index (κ1) is 17.6. The maximum absolute atomic E-state index is 12.0. The van der Waals surface area contributed by atoms with Gasteiger partial charge in [0.05, 0.1) is 6.10 Å². The standard InChI is InChI=1S/C18H29N3O2/c1-3-21(17-7-5-4-6-14(17)2)13-12-19-18(23)20-15-8-10-16(22)11-9-15/h4-7,15-16,22H,3,8-13H2,1-2H3,(H2,19,20,23). The molecule has 0 aromatic heterocycles.